The van der Waals surface area contributed by atoms with Crippen LogP contribution in [0.3, 0.4) is 0 Å². The van der Waals surface area contributed by atoms with Crippen molar-refractivity contribution in [1.82, 2.24) is 9.97 Å². The molecule has 0 aliphatic rings. The topological polar surface area (TPSA) is 60.2 Å². The number of nitrogens with zero attached hydrogens (tertiary/aromatic N) is 2. The molecule has 2 heterocycles. The minimum absolute atomic E-state index is 0.372. The average Bonchev–Trinajstić information content (AvgIpc) is 2.87. The summed E-state index contributed by atoms with van der Waals surface area (Å²) < 4.78 is 10.7. The summed E-state index contributed by atoms with van der Waals surface area (Å²) in [4.78, 5) is 8.32. The molecule has 0 saturated carbocycles. The van der Waals surface area contributed by atoms with Gasteiger partial charge in [-0.25, -0.2) is 4.98 Å². The minimum atomic E-state index is 0.372. The van der Waals surface area contributed by atoms with Gasteiger partial charge in [-0.3, -0.25) is 0 Å². The molecular weight excluding hydrogens is 218 g/mol. The highest BCUT2D eigenvalue weighted by Crippen LogP contribution is 2.11. The van der Waals surface area contributed by atoms with E-state index in [1.165, 1.54) is 0 Å². The molecule has 2 rings (SSSR count). The number of hydrogen-bond donors (Lipinski definition) is 1. The molecule has 0 saturated heterocycles. The molecular formula is C12H15N3O2. The Bertz CT molecular complexity index is 443. The normalized spacial score (nSPS) is 10.2. The predicted molar refractivity (Wildman–Crippen MR) is 63.9 cm³/mol. The van der Waals surface area contributed by atoms with Gasteiger partial charge in [-0.15, -0.1) is 0 Å². The van der Waals surface area contributed by atoms with Crippen molar-refractivity contribution < 1.29 is 9.15 Å². The lowest BCUT2D eigenvalue weighted by molar-refractivity contribution is 0.260. The maximum absolute atomic E-state index is 5.49. The van der Waals surface area contributed by atoms with Gasteiger partial charge in [0, 0.05) is 18.8 Å². The number of hydrogen-bond acceptors (Lipinski definition) is 5. The van der Waals surface area contributed by atoms with Gasteiger partial charge in [0.15, 0.2) is 0 Å². The van der Waals surface area contributed by atoms with Crippen molar-refractivity contribution in [1.29, 1.82) is 0 Å². The average molecular weight is 233 g/mol. The molecule has 0 amide bonds. The Kier molecular flexibility index (Phi) is 3.96. The first-order valence-electron chi connectivity index (χ1n) is 5.60. The zero-order valence-electron chi connectivity index (χ0n) is 9.72. The standard InChI is InChI=1S/C12H15N3O2/c1-2-6-13-12-14-7-5-11(15-12)17-9-10-4-3-8-16-10/h3-5,7-8H,2,6,9H2,1H3,(H,13,14,15). The van der Waals surface area contributed by atoms with Gasteiger partial charge >= 0.3 is 0 Å². The lowest BCUT2D eigenvalue weighted by Gasteiger charge is -2.05. The van der Waals surface area contributed by atoms with Gasteiger partial charge in [0.1, 0.15) is 12.4 Å². The van der Waals surface area contributed by atoms with Crippen LogP contribution in [-0.2, 0) is 6.61 Å². The maximum Gasteiger partial charge on any atom is 0.225 e. The quantitative estimate of drug-likeness (QED) is 0.830. The monoisotopic (exact) mass is 233 g/mol. The first-order chi connectivity index (χ1) is 8.38. The number of furan rings is 1. The van der Waals surface area contributed by atoms with E-state index in [1.54, 1.807) is 18.5 Å². The summed E-state index contributed by atoms with van der Waals surface area (Å²) in [6, 6.07) is 5.41. The summed E-state index contributed by atoms with van der Waals surface area (Å²) >= 11 is 0. The van der Waals surface area contributed by atoms with Crippen LogP contribution in [0.5, 0.6) is 5.88 Å². The van der Waals surface area contributed by atoms with Gasteiger partial charge in [-0.05, 0) is 18.6 Å². The van der Waals surface area contributed by atoms with E-state index in [0.29, 0.717) is 18.4 Å². The van der Waals surface area contributed by atoms with E-state index in [4.69, 9.17) is 9.15 Å². The maximum atomic E-state index is 5.49. The summed E-state index contributed by atoms with van der Waals surface area (Å²) in [5.74, 6) is 1.89. The highest BCUT2D eigenvalue weighted by Gasteiger charge is 2.01. The molecule has 0 aliphatic carbocycles. The first-order valence-corrected chi connectivity index (χ1v) is 5.60. The molecule has 90 valence electrons. The lowest BCUT2D eigenvalue weighted by Crippen LogP contribution is -2.05. The largest absolute Gasteiger partial charge is 0.469 e. The number of rotatable bonds is 6. The second-order valence-electron chi connectivity index (χ2n) is 3.51. The van der Waals surface area contributed by atoms with Gasteiger partial charge in [-0.1, -0.05) is 6.92 Å². The van der Waals surface area contributed by atoms with Crippen LogP contribution in [0.1, 0.15) is 19.1 Å². The molecule has 0 aromatic carbocycles. The van der Waals surface area contributed by atoms with Crippen molar-refractivity contribution in [2.45, 2.75) is 20.0 Å². The zero-order valence-corrected chi connectivity index (χ0v) is 9.72. The first kappa shape index (κ1) is 11.4. The van der Waals surface area contributed by atoms with E-state index < -0.39 is 0 Å². The van der Waals surface area contributed by atoms with Crippen LogP contribution in [0.25, 0.3) is 0 Å². The van der Waals surface area contributed by atoms with Crippen molar-refractivity contribution in [3.63, 3.8) is 0 Å². The molecule has 0 unspecified atom stereocenters. The smallest absolute Gasteiger partial charge is 0.225 e. The van der Waals surface area contributed by atoms with Gasteiger partial charge < -0.3 is 14.5 Å². The number of nitrogens with one attached hydrogen (secondary N) is 1. The molecule has 0 spiro atoms. The van der Waals surface area contributed by atoms with Crippen LogP contribution in [-0.4, -0.2) is 16.5 Å². The molecule has 5 heteroatoms. The van der Waals surface area contributed by atoms with Crippen LogP contribution < -0.4 is 10.1 Å². The fraction of sp³-hybridized carbons (Fsp3) is 0.333. The van der Waals surface area contributed by atoms with E-state index in [9.17, 15) is 0 Å². The fourth-order valence-corrected chi connectivity index (χ4v) is 1.28. The fourth-order valence-electron chi connectivity index (χ4n) is 1.28. The van der Waals surface area contributed by atoms with Crippen LogP contribution in [0, 0.1) is 0 Å². The van der Waals surface area contributed by atoms with E-state index in [-0.39, 0.29) is 0 Å². The van der Waals surface area contributed by atoms with E-state index in [1.807, 2.05) is 12.1 Å². The Labute approximate surface area is 99.8 Å². The molecule has 5 nitrogen and oxygen atoms in total. The molecule has 0 bridgehead atoms. The number of anilines is 1. The molecule has 0 atom stereocenters. The Morgan fingerprint density at radius 2 is 2.35 bits per heavy atom. The van der Waals surface area contributed by atoms with Crippen molar-refractivity contribution in [2.24, 2.45) is 0 Å². The van der Waals surface area contributed by atoms with Crippen LogP contribution in [0.2, 0.25) is 0 Å². The minimum Gasteiger partial charge on any atom is -0.469 e. The number of ether oxygens (including phenoxy) is 1. The molecule has 0 radical (unpaired) electrons. The summed E-state index contributed by atoms with van der Waals surface area (Å²) in [5, 5.41) is 3.10. The second kappa shape index (κ2) is 5.89. The van der Waals surface area contributed by atoms with Crippen LogP contribution in [0.15, 0.2) is 35.1 Å². The van der Waals surface area contributed by atoms with Crippen LogP contribution >= 0.6 is 0 Å². The Morgan fingerprint density at radius 3 is 3.12 bits per heavy atom. The highest BCUT2D eigenvalue weighted by atomic mass is 16.5. The molecule has 17 heavy (non-hydrogen) atoms. The zero-order chi connectivity index (χ0) is 11.9. The van der Waals surface area contributed by atoms with Crippen LogP contribution in [0.4, 0.5) is 5.95 Å². The van der Waals surface area contributed by atoms with Gasteiger partial charge in [-0.2, -0.15) is 4.98 Å². The van der Waals surface area contributed by atoms with Crippen molar-refractivity contribution in [3.8, 4) is 5.88 Å². The van der Waals surface area contributed by atoms with Crippen molar-refractivity contribution >= 4 is 5.95 Å². The van der Waals surface area contributed by atoms with E-state index in [0.717, 1.165) is 18.7 Å². The predicted octanol–water partition coefficient (Wildman–Crippen LogP) is 2.47. The third kappa shape index (κ3) is 3.48. The Balaban J connectivity index is 1.91. The Morgan fingerprint density at radius 1 is 1.41 bits per heavy atom. The second-order valence-corrected chi connectivity index (χ2v) is 3.51. The van der Waals surface area contributed by atoms with Gasteiger partial charge in [0.25, 0.3) is 0 Å². The van der Waals surface area contributed by atoms with Gasteiger partial charge in [0.05, 0.1) is 6.26 Å². The highest BCUT2D eigenvalue weighted by molar-refractivity contribution is 5.27. The third-order valence-electron chi connectivity index (χ3n) is 2.11. The molecule has 2 aromatic heterocycles. The van der Waals surface area contributed by atoms with Crippen molar-refractivity contribution in [2.75, 3.05) is 11.9 Å². The summed E-state index contributed by atoms with van der Waals surface area (Å²) in [7, 11) is 0. The number of aromatic nitrogens is 2. The molecule has 0 aliphatic heterocycles. The molecule has 0 fully saturated rings. The lowest BCUT2D eigenvalue weighted by atomic mass is 10.5. The summed E-state index contributed by atoms with van der Waals surface area (Å²) in [6.07, 6.45) is 4.32. The summed E-state index contributed by atoms with van der Waals surface area (Å²) in [6.45, 7) is 3.31. The molecule has 2 aromatic rings. The van der Waals surface area contributed by atoms with Gasteiger partial charge in [0.2, 0.25) is 11.8 Å². The van der Waals surface area contributed by atoms with E-state index in [2.05, 4.69) is 22.2 Å². The Hall–Kier alpha value is -2.04. The van der Waals surface area contributed by atoms with Crippen molar-refractivity contribution in [3.05, 3.63) is 36.4 Å². The van der Waals surface area contributed by atoms with E-state index >= 15 is 0 Å². The SMILES string of the molecule is CCCNc1nccc(OCc2ccco2)n1. The summed E-state index contributed by atoms with van der Waals surface area (Å²) in [5.41, 5.74) is 0. The molecule has 1 N–H and O–H groups in total. The third-order valence-corrected chi connectivity index (χ3v) is 2.11.